The van der Waals surface area contributed by atoms with Gasteiger partial charge in [0.1, 0.15) is 0 Å². The van der Waals surface area contributed by atoms with E-state index in [0.29, 0.717) is 11.3 Å². The number of benzene rings is 4. The topological polar surface area (TPSA) is 0 Å². The summed E-state index contributed by atoms with van der Waals surface area (Å²) >= 11 is 1.55. The molecule has 0 radical (unpaired) electrons. The fraction of sp³-hybridized carbons (Fsp3) is 0.233. The standard InChI is InChI=1S/C17H13.C15H14.C11H17.2ClH.Zr/c1-3-12-5-7-14-11-15-8-6-13(4-2)10-17(15)16(14)9-12;1-3-8-14(9-4-1)12-7-13-15-10-5-2-6-11-15;1-5-9-6-7-10(8-9)11(2,3)4;;;/h3-7,9-10H,1-2,11H2;1-6,8-11H,12-13H2;7-9H,5H2,1-4H3;2*1H;/q-1;;-1;;;+2/p-2. The molecule has 1 atom stereocenters. The van der Waals surface area contributed by atoms with Crippen molar-refractivity contribution in [3.05, 3.63) is 167 Å². The van der Waals surface area contributed by atoms with Gasteiger partial charge < -0.3 is 24.8 Å². The van der Waals surface area contributed by atoms with Crippen molar-refractivity contribution in [1.29, 1.82) is 0 Å². The molecule has 0 heterocycles. The molecule has 0 aliphatic heterocycles. The average molecular weight is 723 g/mol. The maximum atomic E-state index is 3.82. The van der Waals surface area contributed by atoms with Crippen LogP contribution in [0.5, 0.6) is 0 Å². The quantitative estimate of drug-likeness (QED) is 0.210. The number of hydrogen-bond acceptors (Lipinski definition) is 0. The summed E-state index contributed by atoms with van der Waals surface area (Å²) < 4.78 is 1.60. The van der Waals surface area contributed by atoms with Gasteiger partial charge in [-0.3, -0.25) is 6.08 Å². The Morgan fingerprint density at radius 1 is 0.826 bits per heavy atom. The molecule has 6 rings (SSSR count). The van der Waals surface area contributed by atoms with Crippen molar-refractivity contribution in [3.8, 4) is 11.1 Å². The minimum absolute atomic E-state index is 0. The third-order valence-electron chi connectivity index (χ3n) is 7.97. The van der Waals surface area contributed by atoms with Crippen molar-refractivity contribution in [2.45, 2.75) is 53.4 Å². The van der Waals surface area contributed by atoms with Crippen LogP contribution in [-0.2, 0) is 43.5 Å². The fourth-order valence-corrected chi connectivity index (χ4v) is 6.33. The van der Waals surface area contributed by atoms with Gasteiger partial charge in [-0.15, -0.1) is 23.8 Å². The molecular weight excluding hydrogens is 679 g/mol. The van der Waals surface area contributed by atoms with Gasteiger partial charge in [-0.25, -0.2) is 6.08 Å². The summed E-state index contributed by atoms with van der Waals surface area (Å²) in [6.07, 6.45) is 16.0. The van der Waals surface area contributed by atoms with Crippen LogP contribution < -0.4 is 24.8 Å². The van der Waals surface area contributed by atoms with Gasteiger partial charge in [0.25, 0.3) is 0 Å². The van der Waals surface area contributed by atoms with E-state index in [0.717, 1.165) is 24.8 Å². The normalized spacial score (nSPS) is 13.6. The zero-order chi connectivity index (χ0) is 31.5. The van der Waals surface area contributed by atoms with E-state index in [-0.39, 0.29) is 24.8 Å². The monoisotopic (exact) mass is 720 g/mol. The summed E-state index contributed by atoms with van der Waals surface area (Å²) in [4.78, 5) is 0. The Labute approximate surface area is 305 Å². The van der Waals surface area contributed by atoms with E-state index in [9.17, 15) is 0 Å². The van der Waals surface area contributed by atoms with E-state index in [4.69, 9.17) is 0 Å². The van der Waals surface area contributed by atoms with Gasteiger partial charge in [0.05, 0.1) is 0 Å². The summed E-state index contributed by atoms with van der Waals surface area (Å²) in [5.41, 5.74) is 12.1. The number of rotatable bonds is 7. The Bertz CT molecular complexity index is 1540. The van der Waals surface area contributed by atoms with Gasteiger partial charge in [0.2, 0.25) is 0 Å². The molecule has 2 aliphatic carbocycles. The molecule has 0 aromatic heterocycles. The summed E-state index contributed by atoms with van der Waals surface area (Å²) in [5.74, 6) is 0.573. The van der Waals surface area contributed by atoms with Crippen molar-refractivity contribution in [2.24, 2.45) is 11.3 Å². The van der Waals surface area contributed by atoms with Crippen molar-refractivity contribution in [1.82, 2.24) is 0 Å². The van der Waals surface area contributed by atoms with E-state index in [2.05, 4.69) is 150 Å². The molecule has 0 spiro atoms. The Morgan fingerprint density at radius 2 is 1.39 bits per heavy atom. The molecule has 4 aromatic rings. The van der Waals surface area contributed by atoms with E-state index in [1.807, 2.05) is 18.2 Å². The molecule has 0 saturated carbocycles. The fourth-order valence-electron chi connectivity index (χ4n) is 5.32. The van der Waals surface area contributed by atoms with Gasteiger partial charge in [-0.2, -0.15) is 35.4 Å². The molecule has 46 heavy (non-hydrogen) atoms. The molecule has 1 unspecified atom stereocenters. The van der Waals surface area contributed by atoms with Crippen molar-refractivity contribution >= 4 is 15.4 Å². The first kappa shape index (κ1) is 39.4. The predicted molar refractivity (Wildman–Crippen MR) is 188 cm³/mol. The first-order valence-electron chi connectivity index (χ1n) is 15.6. The number of fused-ring (bicyclic) bond motifs is 3. The molecule has 0 saturated heterocycles. The second kappa shape index (κ2) is 19.1. The molecular formula is C43H44Cl2Zr-2. The Hall–Kier alpha value is -2.83. The minimum atomic E-state index is 0. The van der Waals surface area contributed by atoms with Crippen LogP contribution in [0.25, 0.3) is 23.3 Å². The SMILES string of the molecule is C=Cc1c[c-]c2c(c1)-c1cc(C=C)ccc1C2.CCC1[C-]=CC(C(C)(C)C)=C1.[Cl-].[Cl-].[Zr+2]=[C](Cc1ccccc1)Cc1ccccc1. The molecule has 2 aliphatic rings. The van der Waals surface area contributed by atoms with Crippen LogP contribution in [0.15, 0.2) is 122 Å². The Balaban J connectivity index is 0.000000241. The van der Waals surface area contributed by atoms with Gasteiger partial charge in [-0.1, -0.05) is 87.4 Å². The van der Waals surface area contributed by atoms with Crippen LogP contribution in [0, 0.1) is 23.5 Å². The van der Waals surface area contributed by atoms with E-state index < -0.39 is 0 Å². The van der Waals surface area contributed by atoms with Crippen LogP contribution in [0.4, 0.5) is 0 Å². The summed E-state index contributed by atoms with van der Waals surface area (Å²) in [6.45, 7) is 16.6. The van der Waals surface area contributed by atoms with Crippen LogP contribution in [0.2, 0.25) is 0 Å². The summed E-state index contributed by atoms with van der Waals surface area (Å²) in [6, 6.07) is 35.5. The van der Waals surface area contributed by atoms with E-state index in [1.165, 1.54) is 50.9 Å². The van der Waals surface area contributed by atoms with Crippen LogP contribution >= 0.6 is 0 Å². The first-order valence-corrected chi connectivity index (χ1v) is 16.8. The van der Waals surface area contributed by atoms with Crippen molar-refractivity contribution in [3.63, 3.8) is 0 Å². The third kappa shape index (κ3) is 11.5. The second-order valence-electron chi connectivity index (χ2n) is 12.5. The van der Waals surface area contributed by atoms with E-state index >= 15 is 0 Å². The number of allylic oxidation sites excluding steroid dienone is 4. The first-order chi connectivity index (χ1) is 21.2. The molecule has 4 aromatic carbocycles. The van der Waals surface area contributed by atoms with Crippen molar-refractivity contribution in [2.75, 3.05) is 0 Å². The van der Waals surface area contributed by atoms with Crippen LogP contribution in [0.3, 0.4) is 0 Å². The van der Waals surface area contributed by atoms with Crippen LogP contribution in [0.1, 0.15) is 67.5 Å². The van der Waals surface area contributed by atoms with Crippen molar-refractivity contribution < 1.29 is 49.0 Å². The average Bonchev–Trinajstić information content (AvgIpc) is 3.67. The zero-order valence-corrected chi connectivity index (χ0v) is 31.5. The zero-order valence-electron chi connectivity index (χ0n) is 27.5. The van der Waals surface area contributed by atoms with Gasteiger partial charge in [-0.05, 0) is 12.0 Å². The number of halogens is 2. The molecule has 0 bridgehead atoms. The van der Waals surface area contributed by atoms with Gasteiger partial charge in [0.15, 0.2) is 0 Å². The molecule has 0 fully saturated rings. The maximum absolute atomic E-state index is 3.82. The van der Waals surface area contributed by atoms with E-state index in [1.54, 1.807) is 27.4 Å². The molecule has 236 valence electrons. The molecule has 0 N–H and O–H groups in total. The number of hydrogen-bond donors (Lipinski definition) is 0. The summed E-state index contributed by atoms with van der Waals surface area (Å²) in [5, 5.41) is 0. The van der Waals surface area contributed by atoms with Crippen LogP contribution in [-0.4, -0.2) is 3.21 Å². The Kier molecular flexibility index (Phi) is 16.3. The molecule has 0 nitrogen and oxygen atoms in total. The predicted octanol–water partition coefficient (Wildman–Crippen LogP) is 4.90. The Morgan fingerprint density at radius 3 is 1.87 bits per heavy atom. The second-order valence-corrected chi connectivity index (χ2v) is 14.2. The molecule has 3 heteroatoms. The third-order valence-corrected chi connectivity index (χ3v) is 8.84. The van der Waals surface area contributed by atoms with Gasteiger partial charge in [0, 0.05) is 0 Å². The van der Waals surface area contributed by atoms with Gasteiger partial charge >= 0.3 is 112 Å². The summed E-state index contributed by atoms with van der Waals surface area (Å²) in [7, 11) is 0. The molecule has 0 amide bonds.